The topological polar surface area (TPSA) is 67.3 Å². The van der Waals surface area contributed by atoms with E-state index in [1.54, 1.807) is 24.8 Å². The monoisotopic (exact) mass is 422 g/mol. The summed E-state index contributed by atoms with van der Waals surface area (Å²) in [4.78, 5) is 26.5. The summed E-state index contributed by atoms with van der Waals surface area (Å²) in [6.07, 6.45) is 5.79. The number of methoxy groups -OCH3 is 1. The number of carbonyl (C=O) groups excluding carboxylic acids is 1. The van der Waals surface area contributed by atoms with Crippen LogP contribution >= 0.6 is 11.3 Å². The van der Waals surface area contributed by atoms with Gasteiger partial charge in [-0.15, -0.1) is 11.3 Å². The summed E-state index contributed by atoms with van der Waals surface area (Å²) in [5.41, 5.74) is 2.49. The maximum absolute atomic E-state index is 13.0. The lowest BCUT2D eigenvalue weighted by molar-refractivity contribution is -0.128. The van der Waals surface area contributed by atoms with Gasteiger partial charge in [-0.25, -0.2) is 9.97 Å². The van der Waals surface area contributed by atoms with Gasteiger partial charge in [-0.3, -0.25) is 4.79 Å². The molecule has 0 radical (unpaired) electrons. The maximum Gasteiger partial charge on any atom is 0.245 e. The number of hydrogen-bond acceptors (Lipinski definition) is 6. The van der Waals surface area contributed by atoms with E-state index >= 15 is 0 Å². The molecule has 1 amide bonds. The summed E-state index contributed by atoms with van der Waals surface area (Å²) < 4.78 is 5.22. The first-order valence-electron chi connectivity index (χ1n) is 10.6. The van der Waals surface area contributed by atoms with Gasteiger partial charge in [0.25, 0.3) is 0 Å². The second-order valence-corrected chi connectivity index (χ2v) is 9.43. The Morgan fingerprint density at radius 3 is 2.87 bits per heavy atom. The number of amides is 1. The smallest absolute Gasteiger partial charge is 0.245 e. The number of thiophene rings is 1. The number of anilines is 1. The van der Waals surface area contributed by atoms with Crippen LogP contribution in [0.4, 0.5) is 5.82 Å². The molecule has 2 aromatic heterocycles. The van der Waals surface area contributed by atoms with Gasteiger partial charge in [0.2, 0.25) is 5.91 Å². The third kappa shape index (κ3) is 3.51. The van der Waals surface area contributed by atoms with E-state index in [4.69, 9.17) is 4.74 Å². The van der Waals surface area contributed by atoms with Crippen LogP contribution in [0.3, 0.4) is 0 Å². The minimum absolute atomic E-state index is 0.135. The first-order chi connectivity index (χ1) is 14.6. The maximum atomic E-state index is 13.0. The Morgan fingerprint density at radius 1 is 1.23 bits per heavy atom. The Kier molecular flexibility index (Phi) is 5.06. The SMILES string of the molecule is COc1ccc(CN2CCC(Nc3ncnc4sc5c(c34)CCC(C)C5)C2=O)cc1. The molecule has 30 heavy (non-hydrogen) atoms. The van der Waals surface area contributed by atoms with Gasteiger partial charge in [0.05, 0.1) is 12.5 Å². The van der Waals surface area contributed by atoms with Crippen molar-refractivity contribution in [1.29, 1.82) is 0 Å². The van der Waals surface area contributed by atoms with Crippen LogP contribution in [0.15, 0.2) is 30.6 Å². The van der Waals surface area contributed by atoms with Crippen LogP contribution in [-0.4, -0.2) is 40.5 Å². The molecule has 6 nitrogen and oxygen atoms in total. The lowest BCUT2D eigenvalue weighted by Crippen LogP contribution is -2.33. The number of ether oxygens (including phenoxy) is 1. The summed E-state index contributed by atoms with van der Waals surface area (Å²) in [5, 5.41) is 4.59. The number of likely N-dealkylation sites (tertiary alicyclic amines) is 1. The van der Waals surface area contributed by atoms with E-state index in [2.05, 4.69) is 22.2 Å². The standard InChI is InChI=1S/C23H26N4O2S/c1-14-3-8-17-19(11-14)30-22-20(17)21(24-13-25-22)26-18-9-10-27(23(18)28)12-15-4-6-16(29-2)7-5-15/h4-7,13-14,18H,3,8-12H2,1-2H3,(H,24,25,26). The van der Waals surface area contributed by atoms with Gasteiger partial charge in [0.1, 0.15) is 28.8 Å². The minimum Gasteiger partial charge on any atom is -0.497 e. The van der Waals surface area contributed by atoms with Crippen LogP contribution in [0.2, 0.25) is 0 Å². The molecular formula is C23H26N4O2S. The van der Waals surface area contributed by atoms with Crippen LogP contribution in [0.5, 0.6) is 5.75 Å². The molecule has 3 aromatic rings. The molecule has 156 valence electrons. The van der Waals surface area contributed by atoms with Gasteiger partial charge < -0.3 is 15.0 Å². The zero-order valence-corrected chi connectivity index (χ0v) is 18.2. The average Bonchev–Trinajstić information content (AvgIpc) is 3.29. The normalized spacial score (nSPS) is 21.1. The molecule has 5 rings (SSSR count). The first kappa shape index (κ1) is 19.3. The van der Waals surface area contributed by atoms with Crippen molar-refractivity contribution in [2.24, 2.45) is 5.92 Å². The van der Waals surface area contributed by atoms with Gasteiger partial charge in [-0.05, 0) is 54.9 Å². The summed E-state index contributed by atoms with van der Waals surface area (Å²) in [6, 6.07) is 7.66. The van der Waals surface area contributed by atoms with Crippen molar-refractivity contribution in [2.45, 2.75) is 45.2 Å². The van der Waals surface area contributed by atoms with Crippen molar-refractivity contribution in [3.63, 3.8) is 0 Å². The molecule has 1 aliphatic heterocycles. The molecule has 1 N–H and O–H groups in total. The molecule has 0 spiro atoms. The van der Waals surface area contributed by atoms with E-state index in [0.717, 1.165) is 59.1 Å². The third-order valence-electron chi connectivity index (χ3n) is 6.23. The Hall–Kier alpha value is -2.67. The van der Waals surface area contributed by atoms with Gasteiger partial charge in [-0.1, -0.05) is 19.1 Å². The number of rotatable bonds is 5. The van der Waals surface area contributed by atoms with E-state index in [-0.39, 0.29) is 11.9 Å². The van der Waals surface area contributed by atoms with E-state index in [0.29, 0.717) is 6.54 Å². The molecule has 1 fully saturated rings. The van der Waals surface area contributed by atoms with Crippen LogP contribution in [0, 0.1) is 5.92 Å². The number of benzene rings is 1. The first-order valence-corrected chi connectivity index (χ1v) is 11.4. The quantitative estimate of drug-likeness (QED) is 0.672. The van der Waals surface area contributed by atoms with Crippen LogP contribution in [-0.2, 0) is 24.2 Å². The summed E-state index contributed by atoms with van der Waals surface area (Å²) in [5.74, 6) is 2.50. The summed E-state index contributed by atoms with van der Waals surface area (Å²) in [7, 11) is 1.66. The van der Waals surface area contributed by atoms with E-state index in [9.17, 15) is 4.79 Å². The van der Waals surface area contributed by atoms with Gasteiger partial charge >= 0.3 is 0 Å². The second-order valence-electron chi connectivity index (χ2n) is 8.35. The average molecular weight is 423 g/mol. The number of nitrogens with zero attached hydrogens (tertiary/aromatic N) is 3. The Labute approximate surface area is 180 Å². The lowest BCUT2D eigenvalue weighted by atomic mass is 9.89. The van der Waals surface area contributed by atoms with Crippen molar-refractivity contribution in [3.05, 3.63) is 46.6 Å². The highest BCUT2D eigenvalue weighted by atomic mass is 32.1. The molecule has 0 bridgehead atoms. The molecule has 2 aliphatic rings. The highest BCUT2D eigenvalue weighted by Gasteiger charge is 2.33. The molecular weight excluding hydrogens is 396 g/mol. The predicted octanol–water partition coefficient (Wildman–Crippen LogP) is 4.04. The number of carbonyl (C=O) groups is 1. The molecule has 2 unspecified atom stereocenters. The number of nitrogens with one attached hydrogen (secondary N) is 1. The molecule has 1 aliphatic carbocycles. The van der Waals surface area contributed by atoms with Crippen LogP contribution in [0.25, 0.3) is 10.2 Å². The van der Waals surface area contributed by atoms with E-state index in [1.807, 2.05) is 29.2 Å². The fraction of sp³-hybridized carbons (Fsp3) is 0.435. The molecule has 0 saturated carbocycles. The predicted molar refractivity (Wildman–Crippen MR) is 119 cm³/mol. The zero-order chi connectivity index (χ0) is 20.7. The Morgan fingerprint density at radius 2 is 2.07 bits per heavy atom. The molecule has 3 heterocycles. The number of aryl methyl sites for hydroxylation is 1. The highest BCUT2D eigenvalue weighted by Crippen LogP contribution is 2.40. The van der Waals surface area contributed by atoms with Crippen molar-refractivity contribution < 1.29 is 9.53 Å². The molecule has 1 saturated heterocycles. The second kappa shape index (κ2) is 7.87. The Bertz CT molecular complexity index is 1080. The third-order valence-corrected chi connectivity index (χ3v) is 7.39. The fourth-order valence-corrected chi connectivity index (χ4v) is 5.88. The van der Waals surface area contributed by atoms with Crippen molar-refractivity contribution in [3.8, 4) is 5.75 Å². The number of fused-ring (bicyclic) bond motifs is 3. The molecule has 7 heteroatoms. The van der Waals surface area contributed by atoms with Gasteiger partial charge in [0.15, 0.2) is 0 Å². The minimum atomic E-state index is -0.237. The number of hydrogen-bond donors (Lipinski definition) is 1. The largest absolute Gasteiger partial charge is 0.497 e. The lowest BCUT2D eigenvalue weighted by Gasteiger charge is -2.19. The fourth-order valence-electron chi connectivity index (χ4n) is 4.53. The van der Waals surface area contributed by atoms with Crippen LogP contribution in [0.1, 0.15) is 35.8 Å². The number of aromatic nitrogens is 2. The zero-order valence-electron chi connectivity index (χ0n) is 17.4. The summed E-state index contributed by atoms with van der Waals surface area (Å²) in [6.45, 7) is 3.68. The summed E-state index contributed by atoms with van der Waals surface area (Å²) >= 11 is 1.78. The van der Waals surface area contributed by atoms with Gasteiger partial charge in [0, 0.05) is 18.0 Å². The van der Waals surface area contributed by atoms with Gasteiger partial charge in [-0.2, -0.15) is 0 Å². The van der Waals surface area contributed by atoms with Crippen LogP contribution < -0.4 is 10.1 Å². The Balaban J connectivity index is 1.34. The molecule has 2 atom stereocenters. The van der Waals surface area contributed by atoms with Crippen molar-refractivity contribution >= 4 is 33.3 Å². The highest BCUT2D eigenvalue weighted by molar-refractivity contribution is 7.19. The van der Waals surface area contributed by atoms with Crippen molar-refractivity contribution in [2.75, 3.05) is 19.0 Å². The van der Waals surface area contributed by atoms with E-state index in [1.165, 1.54) is 16.9 Å². The van der Waals surface area contributed by atoms with Crippen molar-refractivity contribution in [1.82, 2.24) is 14.9 Å². The van der Waals surface area contributed by atoms with E-state index < -0.39 is 0 Å². The molecule has 1 aromatic carbocycles.